The second-order valence-corrected chi connectivity index (χ2v) is 3.57. The van der Waals surface area contributed by atoms with Crippen LogP contribution in [-0.4, -0.2) is 12.4 Å². The van der Waals surface area contributed by atoms with Gasteiger partial charge in [0.05, 0.1) is 6.61 Å². The van der Waals surface area contributed by atoms with Crippen LogP contribution in [0.2, 0.25) is 0 Å². The molecule has 1 fully saturated rings. The maximum Gasteiger partial charge on any atom is 0.159 e. The van der Waals surface area contributed by atoms with E-state index in [1.54, 1.807) is 6.08 Å². The summed E-state index contributed by atoms with van der Waals surface area (Å²) in [6.07, 6.45) is 3.47. The van der Waals surface area contributed by atoms with Crippen molar-refractivity contribution in [3.8, 4) is 0 Å². The number of carbonyl (C=O) groups excluding carboxylic acids is 1. The summed E-state index contributed by atoms with van der Waals surface area (Å²) in [4.78, 5) is 11.0. The van der Waals surface area contributed by atoms with Crippen LogP contribution >= 0.6 is 0 Å². The Labute approximate surface area is 66.2 Å². The van der Waals surface area contributed by atoms with E-state index in [-0.39, 0.29) is 5.78 Å². The van der Waals surface area contributed by atoms with Gasteiger partial charge < -0.3 is 4.74 Å². The average Bonchev–Trinajstić information content (AvgIpc) is 2.27. The van der Waals surface area contributed by atoms with Gasteiger partial charge in [-0.3, -0.25) is 4.79 Å². The number of hydrogen-bond acceptors (Lipinski definition) is 2. The highest BCUT2D eigenvalue weighted by atomic mass is 16.5. The van der Waals surface area contributed by atoms with Crippen molar-refractivity contribution in [2.75, 3.05) is 6.61 Å². The van der Waals surface area contributed by atoms with Gasteiger partial charge in [-0.15, -0.1) is 0 Å². The Bertz CT molecular complexity index is 218. The first-order chi connectivity index (χ1) is 5.25. The summed E-state index contributed by atoms with van der Waals surface area (Å²) in [6.45, 7) is 2.95. The Morgan fingerprint density at radius 3 is 3.27 bits per heavy atom. The highest BCUT2D eigenvalue weighted by molar-refractivity contribution is 5.93. The Balaban J connectivity index is 2.13. The molecule has 1 aliphatic heterocycles. The van der Waals surface area contributed by atoms with Crippen molar-refractivity contribution < 1.29 is 9.53 Å². The molecule has 2 atom stereocenters. The van der Waals surface area contributed by atoms with E-state index in [1.807, 2.05) is 0 Å². The molecule has 0 aromatic carbocycles. The largest absolute Gasteiger partial charge is 0.497 e. The molecule has 0 aromatic heterocycles. The van der Waals surface area contributed by atoms with E-state index in [4.69, 9.17) is 4.74 Å². The number of ether oxygens (including phenoxy) is 1. The van der Waals surface area contributed by atoms with Crippen molar-refractivity contribution in [3.05, 3.63) is 11.8 Å². The van der Waals surface area contributed by atoms with Crippen molar-refractivity contribution in [1.82, 2.24) is 0 Å². The highest BCUT2D eigenvalue weighted by Gasteiger charge is 2.31. The van der Waals surface area contributed by atoms with Crippen LogP contribution < -0.4 is 0 Å². The van der Waals surface area contributed by atoms with Gasteiger partial charge in [-0.25, -0.2) is 0 Å². The SMILES string of the molecule is C[C@@H]1COC2=CC(=O)C[C@H]2C1. The smallest absolute Gasteiger partial charge is 0.159 e. The Morgan fingerprint density at radius 1 is 1.64 bits per heavy atom. The second kappa shape index (κ2) is 2.36. The van der Waals surface area contributed by atoms with Gasteiger partial charge in [0, 0.05) is 18.4 Å². The van der Waals surface area contributed by atoms with Gasteiger partial charge in [-0.1, -0.05) is 6.92 Å². The third kappa shape index (κ3) is 1.17. The predicted molar refractivity (Wildman–Crippen MR) is 40.9 cm³/mol. The fourth-order valence-electron chi connectivity index (χ4n) is 1.83. The van der Waals surface area contributed by atoms with Crippen LogP contribution in [0, 0.1) is 11.8 Å². The number of hydrogen-bond donors (Lipinski definition) is 0. The highest BCUT2D eigenvalue weighted by Crippen LogP contribution is 2.34. The Hall–Kier alpha value is -0.790. The molecule has 2 nitrogen and oxygen atoms in total. The Kier molecular flexibility index (Phi) is 1.48. The topological polar surface area (TPSA) is 26.3 Å². The molecule has 0 spiro atoms. The molecule has 60 valence electrons. The molecule has 11 heavy (non-hydrogen) atoms. The lowest BCUT2D eigenvalue weighted by Crippen LogP contribution is -2.19. The van der Waals surface area contributed by atoms with Crippen LogP contribution in [0.15, 0.2) is 11.8 Å². The lowest BCUT2D eigenvalue weighted by molar-refractivity contribution is -0.114. The first-order valence-corrected chi connectivity index (χ1v) is 4.13. The van der Waals surface area contributed by atoms with Crippen LogP contribution in [0.4, 0.5) is 0 Å². The van der Waals surface area contributed by atoms with Gasteiger partial charge in [0.1, 0.15) is 5.76 Å². The first kappa shape index (κ1) is 6.89. The molecular weight excluding hydrogens is 140 g/mol. The average molecular weight is 152 g/mol. The van der Waals surface area contributed by atoms with Crippen molar-refractivity contribution in [2.45, 2.75) is 19.8 Å². The molecule has 1 aliphatic carbocycles. The van der Waals surface area contributed by atoms with Crippen LogP contribution in [0.1, 0.15) is 19.8 Å². The first-order valence-electron chi connectivity index (χ1n) is 4.13. The molecule has 1 saturated heterocycles. The molecule has 2 heteroatoms. The van der Waals surface area contributed by atoms with Gasteiger partial charge in [0.15, 0.2) is 5.78 Å². The van der Waals surface area contributed by atoms with E-state index in [1.165, 1.54) is 0 Å². The third-order valence-electron chi connectivity index (χ3n) is 2.37. The van der Waals surface area contributed by atoms with E-state index in [2.05, 4.69) is 6.92 Å². The second-order valence-electron chi connectivity index (χ2n) is 3.57. The van der Waals surface area contributed by atoms with Gasteiger partial charge in [0.2, 0.25) is 0 Å². The summed E-state index contributed by atoms with van der Waals surface area (Å²) in [5.41, 5.74) is 0. The molecule has 0 N–H and O–H groups in total. The van der Waals surface area contributed by atoms with E-state index >= 15 is 0 Å². The minimum Gasteiger partial charge on any atom is -0.497 e. The number of fused-ring (bicyclic) bond motifs is 1. The molecule has 0 aromatic rings. The van der Waals surface area contributed by atoms with Crippen molar-refractivity contribution in [2.24, 2.45) is 11.8 Å². The van der Waals surface area contributed by atoms with Crippen LogP contribution in [0.3, 0.4) is 0 Å². The number of carbonyl (C=O) groups is 1. The summed E-state index contributed by atoms with van der Waals surface area (Å²) in [5, 5.41) is 0. The van der Waals surface area contributed by atoms with E-state index in [0.717, 1.165) is 18.8 Å². The van der Waals surface area contributed by atoms with Crippen molar-refractivity contribution >= 4 is 5.78 Å². The minimum atomic E-state index is 0.235. The maximum absolute atomic E-state index is 11.0. The lowest BCUT2D eigenvalue weighted by Gasteiger charge is -2.26. The van der Waals surface area contributed by atoms with Crippen LogP contribution in [0.25, 0.3) is 0 Å². The van der Waals surface area contributed by atoms with E-state index in [0.29, 0.717) is 18.3 Å². The number of allylic oxidation sites excluding steroid dienone is 2. The summed E-state index contributed by atoms with van der Waals surface area (Å²) in [6, 6.07) is 0. The fraction of sp³-hybridized carbons (Fsp3) is 0.667. The molecule has 0 saturated carbocycles. The minimum absolute atomic E-state index is 0.235. The summed E-state index contributed by atoms with van der Waals surface area (Å²) < 4.78 is 5.42. The van der Waals surface area contributed by atoms with Gasteiger partial charge in [0.25, 0.3) is 0 Å². The molecule has 1 heterocycles. The number of ketones is 1. The van der Waals surface area contributed by atoms with E-state index in [9.17, 15) is 4.79 Å². The molecule has 0 amide bonds. The lowest BCUT2D eigenvalue weighted by atomic mass is 9.92. The molecule has 2 rings (SSSR count). The van der Waals surface area contributed by atoms with Crippen LogP contribution in [0.5, 0.6) is 0 Å². The van der Waals surface area contributed by atoms with Crippen molar-refractivity contribution in [3.63, 3.8) is 0 Å². The van der Waals surface area contributed by atoms with Gasteiger partial charge in [-0.2, -0.15) is 0 Å². The molecule has 0 radical (unpaired) electrons. The quantitative estimate of drug-likeness (QED) is 0.526. The van der Waals surface area contributed by atoms with E-state index < -0.39 is 0 Å². The summed E-state index contributed by atoms with van der Waals surface area (Å²) in [5.74, 6) is 2.20. The zero-order valence-corrected chi connectivity index (χ0v) is 6.67. The molecule has 2 aliphatic rings. The normalized spacial score (nSPS) is 36.1. The summed E-state index contributed by atoms with van der Waals surface area (Å²) in [7, 11) is 0. The van der Waals surface area contributed by atoms with Crippen molar-refractivity contribution in [1.29, 1.82) is 0 Å². The number of rotatable bonds is 0. The molecular formula is C9H12O2. The van der Waals surface area contributed by atoms with Gasteiger partial charge in [-0.05, 0) is 12.3 Å². The predicted octanol–water partition coefficient (Wildman–Crippen LogP) is 1.52. The Morgan fingerprint density at radius 2 is 2.45 bits per heavy atom. The fourth-order valence-corrected chi connectivity index (χ4v) is 1.83. The monoisotopic (exact) mass is 152 g/mol. The zero-order chi connectivity index (χ0) is 7.84. The third-order valence-corrected chi connectivity index (χ3v) is 2.37. The zero-order valence-electron chi connectivity index (χ0n) is 6.67. The van der Waals surface area contributed by atoms with Gasteiger partial charge >= 0.3 is 0 Å². The van der Waals surface area contributed by atoms with Crippen LogP contribution in [-0.2, 0) is 9.53 Å². The standard InChI is InChI=1S/C9H12O2/c1-6-2-7-3-8(10)4-9(7)11-5-6/h4,6-7H,2-3,5H2,1H3/t6-,7+/m0/s1. The summed E-state index contributed by atoms with van der Waals surface area (Å²) >= 11 is 0. The molecule has 0 unspecified atom stereocenters. The molecule has 0 bridgehead atoms. The maximum atomic E-state index is 11.0.